The van der Waals surface area contributed by atoms with Crippen LogP contribution < -0.4 is 0 Å². The summed E-state index contributed by atoms with van der Waals surface area (Å²) in [4.78, 5) is 19.5. The molecule has 1 N–H and O–H groups in total. The molecule has 3 aromatic heterocycles. The zero-order chi connectivity index (χ0) is 13.9. The minimum atomic E-state index is -0.943. The van der Waals surface area contributed by atoms with Crippen LogP contribution in [0.1, 0.15) is 16.1 Å². The average Bonchev–Trinajstić information content (AvgIpc) is 2.88. The number of aromatic carboxylic acids is 1. The van der Waals surface area contributed by atoms with Crippen molar-refractivity contribution in [2.45, 2.75) is 10.8 Å². The van der Waals surface area contributed by atoms with Crippen molar-refractivity contribution in [1.82, 2.24) is 14.4 Å². The first-order chi connectivity index (χ1) is 9.72. The number of pyridine rings is 2. The third kappa shape index (κ3) is 2.65. The molecule has 0 amide bonds. The molecule has 3 aromatic rings. The monoisotopic (exact) mass is 285 g/mol. The fourth-order valence-corrected chi connectivity index (χ4v) is 2.61. The van der Waals surface area contributed by atoms with Gasteiger partial charge in [-0.25, -0.2) is 14.8 Å². The largest absolute Gasteiger partial charge is 0.478 e. The van der Waals surface area contributed by atoms with E-state index in [-0.39, 0.29) is 5.56 Å². The topological polar surface area (TPSA) is 67.5 Å². The predicted molar refractivity (Wildman–Crippen MR) is 75.9 cm³/mol. The molecule has 0 spiro atoms. The maximum absolute atomic E-state index is 10.9. The van der Waals surface area contributed by atoms with Gasteiger partial charge in [-0.2, -0.15) is 0 Å². The summed E-state index contributed by atoms with van der Waals surface area (Å²) in [5, 5.41) is 9.62. The Hall–Kier alpha value is -2.34. The van der Waals surface area contributed by atoms with Gasteiger partial charge >= 0.3 is 5.97 Å². The molecule has 3 rings (SSSR count). The Morgan fingerprint density at radius 3 is 3.05 bits per heavy atom. The Morgan fingerprint density at radius 1 is 1.35 bits per heavy atom. The zero-order valence-electron chi connectivity index (χ0n) is 10.4. The summed E-state index contributed by atoms with van der Waals surface area (Å²) in [6, 6.07) is 8.89. The van der Waals surface area contributed by atoms with Crippen molar-refractivity contribution in [3.8, 4) is 0 Å². The third-order valence-corrected chi connectivity index (χ3v) is 3.72. The van der Waals surface area contributed by atoms with Crippen LogP contribution >= 0.6 is 11.8 Å². The molecule has 0 saturated heterocycles. The van der Waals surface area contributed by atoms with Crippen molar-refractivity contribution in [1.29, 1.82) is 0 Å². The van der Waals surface area contributed by atoms with Crippen LogP contribution in [0, 0.1) is 0 Å². The molecule has 0 aromatic carbocycles. The van der Waals surface area contributed by atoms with Gasteiger partial charge in [0.15, 0.2) is 0 Å². The number of carboxylic acids is 1. The van der Waals surface area contributed by atoms with Gasteiger partial charge in [-0.05, 0) is 24.3 Å². The summed E-state index contributed by atoms with van der Waals surface area (Å²) >= 11 is 1.47. The lowest BCUT2D eigenvalue weighted by atomic mass is 10.3. The van der Waals surface area contributed by atoms with Crippen molar-refractivity contribution in [2.75, 3.05) is 0 Å². The van der Waals surface area contributed by atoms with E-state index in [0.717, 1.165) is 11.3 Å². The van der Waals surface area contributed by atoms with Gasteiger partial charge in [0.1, 0.15) is 5.65 Å². The van der Waals surface area contributed by atoms with E-state index in [1.165, 1.54) is 24.0 Å². The molecule has 0 radical (unpaired) electrons. The minimum absolute atomic E-state index is 0.248. The Bertz CT molecular complexity index is 737. The molecular formula is C14H11N3O2S. The van der Waals surface area contributed by atoms with E-state index in [9.17, 15) is 4.79 Å². The number of carbonyl (C=O) groups is 1. The predicted octanol–water partition coefficient (Wildman–Crippen LogP) is 2.72. The van der Waals surface area contributed by atoms with Gasteiger partial charge in [-0.3, -0.25) is 0 Å². The van der Waals surface area contributed by atoms with Crippen molar-refractivity contribution in [3.05, 3.63) is 60.2 Å². The van der Waals surface area contributed by atoms with Crippen molar-refractivity contribution in [2.24, 2.45) is 0 Å². The Labute approximate surface area is 119 Å². The van der Waals surface area contributed by atoms with Crippen LogP contribution in [-0.4, -0.2) is 25.4 Å². The second-order valence-electron chi connectivity index (χ2n) is 4.17. The molecule has 100 valence electrons. The smallest absolute Gasteiger partial charge is 0.335 e. The molecule has 0 fully saturated rings. The Kier molecular flexibility index (Phi) is 3.39. The van der Waals surface area contributed by atoms with Crippen molar-refractivity contribution < 1.29 is 9.90 Å². The number of fused-ring (bicyclic) bond motifs is 1. The van der Waals surface area contributed by atoms with E-state index in [1.807, 2.05) is 35.0 Å². The van der Waals surface area contributed by atoms with E-state index in [2.05, 4.69) is 9.97 Å². The first kappa shape index (κ1) is 12.7. The lowest BCUT2D eigenvalue weighted by molar-refractivity contribution is 0.0696. The van der Waals surface area contributed by atoms with Crippen LogP contribution in [0.2, 0.25) is 0 Å². The molecule has 0 aliphatic carbocycles. The molecule has 0 aliphatic heterocycles. The summed E-state index contributed by atoms with van der Waals surface area (Å²) in [5.41, 5.74) is 2.08. The highest BCUT2D eigenvalue weighted by molar-refractivity contribution is 7.98. The van der Waals surface area contributed by atoms with Gasteiger partial charge in [0, 0.05) is 24.3 Å². The van der Waals surface area contributed by atoms with Crippen LogP contribution in [0.25, 0.3) is 5.65 Å². The second kappa shape index (κ2) is 5.34. The highest BCUT2D eigenvalue weighted by Crippen LogP contribution is 2.21. The zero-order valence-corrected chi connectivity index (χ0v) is 11.2. The van der Waals surface area contributed by atoms with Gasteiger partial charge in [-0.15, -0.1) is 0 Å². The molecular weight excluding hydrogens is 274 g/mol. The second-order valence-corrected chi connectivity index (χ2v) is 5.17. The quantitative estimate of drug-likeness (QED) is 0.746. The fourth-order valence-electron chi connectivity index (χ4n) is 1.83. The fraction of sp³-hybridized carbons (Fsp3) is 0.0714. The van der Waals surface area contributed by atoms with E-state index in [4.69, 9.17) is 5.11 Å². The molecule has 0 bridgehead atoms. The summed E-state index contributed by atoms with van der Waals surface area (Å²) in [5.74, 6) is -0.292. The molecule has 0 atom stereocenters. The van der Waals surface area contributed by atoms with Crippen LogP contribution in [0.15, 0.2) is 53.9 Å². The van der Waals surface area contributed by atoms with Gasteiger partial charge < -0.3 is 9.51 Å². The van der Waals surface area contributed by atoms with Gasteiger partial charge in [0.05, 0.1) is 16.3 Å². The number of hydrogen-bond donors (Lipinski definition) is 1. The molecule has 20 heavy (non-hydrogen) atoms. The van der Waals surface area contributed by atoms with E-state index in [0.29, 0.717) is 10.8 Å². The summed E-state index contributed by atoms with van der Waals surface area (Å²) in [6.45, 7) is 0. The Balaban J connectivity index is 1.75. The lowest BCUT2D eigenvalue weighted by Crippen LogP contribution is -1.96. The normalized spacial score (nSPS) is 10.8. The standard InChI is InChI=1S/C14H11N3O2S/c18-14(19)10-4-5-15-13(7-10)20-9-11-8-17-6-2-1-3-12(17)16-11/h1-8H,9H2,(H,18,19). The van der Waals surface area contributed by atoms with Crippen LogP contribution in [0.4, 0.5) is 0 Å². The highest BCUT2D eigenvalue weighted by atomic mass is 32.2. The van der Waals surface area contributed by atoms with Crippen LogP contribution in [0.5, 0.6) is 0 Å². The number of imidazole rings is 1. The number of aromatic nitrogens is 3. The van der Waals surface area contributed by atoms with Gasteiger partial charge in [-0.1, -0.05) is 17.8 Å². The highest BCUT2D eigenvalue weighted by Gasteiger charge is 2.06. The van der Waals surface area contributed by atoms with E-state index in [1.54, 1.807) is 6.07 Å². The maximum atomic E-state index is 10.9. The number of hydrogen-bond acceptors (Lipinski definition) is 4. The molecule has 3 heterocycles. The van der Waals surface area contributed by atoms with E-state index < -0.39 is 5.97 Å². The van der Waals surface area contributed by atoms with Crippen molar-refractivity contribution >= 4 is 23.4 Å². The van der Waals surface area contributed by atoms with E-state index >= 15 is 0 Å². The van der Waals surface area contributed by atoms with Crippen LogP contribution in [-0.2, 0) is 5.75 Å². The van der Waals surface area contributed by atoms with Crippen LogP contribution in [0.3, 0.4) is 0 Å². The summed E-state index contributed by atoms with van der Waals surface area (Å²) in [6.07, 6.45) is 5.42. The SMILES string of the molecule is O=C(O)c1ccnc(SCc2cn3ccccc3n2)c1. The number of carboxylic acid groups (broad SMARTS) is 1. The lowest BCUT2D eigenvalue weighted by Gasteiger charge is -1.99. The summed E-state index contributed by atoms with van der Waals surface area (Å²) in [7, 11) is 0. The first-order valence-electron chi connectivity index (χ1n) is 5.97. The molecule has 0 unspecified atom stereocenters. The summed E-state index contributed by atoms with van der Waals surface area (Å²) < 4.78 is 1.96. The number of thioether (sulfide) groups is 1. The van der Waals surface area contributed by atoms with Gasteiger partial charge in [0.25, 0.3) is 0 Å². The molecule has 5 nitrogen and oxygen atoms in total. The number of nitrogens with zero attached hydrogens (tertiary/aromatic N) is 3. The molecule has 6 heteroatoms. The Morgan fingerprint density at radius 2 is 2.25 bits per heavy atom. The van der Waals surface area contributed by atoms with Crippen molar-refractivity contribution in [3.63, 3.8) is 0 Å². The average molecular weight is 285 g/mol. The molecule has 0 saturated carbocycles. The minimum Gasteiger partial charge on any atom is -0.478 e. The third-order valence-electron chi connectivity index (χ3n) is 2.76. The van der Waals surface area contributed by atoms with Gasteiger partial charge in [0.2, 0.25) is 0 Å². The number of rotatable bonds is 4. The maximum Gasteiger partial charge on any atom is 0.335 e. The first-order valence-corrected chi connectivity index (χ1v) is 6.96. The molecule has 0 aliphatic rings.